The van der Waals surface area contributed by atoms with Crippen molar-refractivity contribution >= 4 is 15.9 Å². The Bertz CT molecular complexity index is 336. The number of halogens is 1. The van der Waals surface area contributed by atoms with Gasteiger partial charge in [-0.25, -0.2) is 0 Å². The Hall–Kier alpha value is -0.700. The van der Waals surface area contributed by atoms with Gasteiger partial charge in [-0.05, 0) is 19.1 Å². The molecule has 0 saturated carbocycles. The fourth-order valence-corrected chi connectivity index (χ4v) is 2.10. The second-order valence-corrected chi connectivity index (χ2v) is 4.14. The maximum Gasteiger partial charge on any atom is 0.164 e. The molecule has 1 aliphatic heterocycles. The van der Waals surface area contributed by atoms with E-state index in [0.29, 0.717) is 0 Å². The molecule has 2 nitrogen and oxygen atoms in total. The van der Waals surface area contributed by atoms with Gasteiger partial charge in [0.2, 0.25) is 0 Å². The second-order valence-electron chi connectivity index (χ2n) is 3.23. The molecule has 0 amide bonds. The molecule has 0 aromatic heterocycles. The van der Waals surface area contributed by atoms with E-state index < -0.39 is 0 Å². The Balaban J connectivity index is 2.50. The molecule has 0 saturated heterocycles. The van der Waals surface area contributed by atoms with Gasteiger partial charge in [-0.3, -0.25) is 0 Å². The van der Waals surface area contributed by atoms with E-state index in [0.717, 1.165) is 22.4 Å². The van der Waals surface area contributed by atoms with E-state index >= 15 is 0 Å². The molecule has 0 spiro atoms. The van der Waals surface area contributed by atoms with E-state index in [-0.39, 0.29) is 6.10 Å². The maximum atomic E-state index is 5.64. The van der Waals surface area contributed by atoms with Crippen molar-refractivity contribution in [2.75, 3.05) is 7.11 Å². The first-order valence-corrected chi connectivity index (χ1v) is 5.03. The molecule has 70 valence electrons. The van der Waals surface area contributed by atoms with Gasteiger partial charge in [-0.1, -0.05) is 15.9 Å². The zero-order valence-electron chi connectivity index (χ0n) is 7.63. The number of hydrogen-bond donors (Lipinski definition) is 0. The van der Waals surface area contributed by atoms with Crippen LogP contribution in [0, 0.1) is 0 Å². The molecule has 0 fully saturated rings. The molecule has 1 heterocycles. The fraction of sp³-hybridized carbons (Fsp3) is 0.400. The summed E-state index contributed by atoms with van der Waals surface area (Å²) in [6, 6.07) is 4.01. The van der Waals surface area contributed by atoms with Crippen molar-refractivity contribution in [3.8, 4) is 11.5 Å². The summed E-state index contributed by atoms with van der Waals surface area (Å²) in [4.78, 5) is 0. The van der Waals surface area contributed by atoms with Gasteiger partial charge in [-0.2, -0.15) is 0 Å². The summed E-state index contributed by atoms with van der Waals surface area (Å²) in [6.45, 7) is 2.06. The molecule has 3 heteroatoms. The molecule has 1 unspecified atom stereocenters. The number of rotatable bonds is 1. The monoisotopic (exact) mass is 242 g/mol. The van der Waals surface area contributed by atoms with Crippen LogP contribution in [0.4, 0.5) is 0 Å². The fourth-order valence-electron chi connectivity index (χ4n) is 1.61. The molecular formula is C10H11BrO2. The Morgan fingerprint density at radius 2 is 2.31 bits per heavy atom. The summed E-state index contributed by atoms with van der Waals surface area (Å²) in [5.41, 5.74) is 1.22. The van der Waals surface area contributed by atoms with E-state index in [1.54, 1.807) is 7.11 Å². The molecule has 0 radical (unpaired) electrons. The summed E-state index contributed by atoms with van der Waals surface area (Å²) in [6.07, 6.45) is 1.23. The van der Waals surface area contributed by atoms with Crippen LogP contribution in [-0.4, -0.2) is 13.2 Å². The van der Waals surface area contributed by atoms with Crippen LogP contribution in [0.15, 0.2) is 16.6 Å². The second kappa shape index (κ2) is 3.22. The van der Waals surface area contributed by atoms with Crippen LogP contribution in [0.25, 0.3) is 0 Å². The van der Waals surface area contributed by atoms with Crippen molar-refractivity contribution in [1.82, 2.24) is 0 Å². The minimum atomic E-state index is 0.262. The van der Waals surface area contributed by atoms with Gasteiger partial charge < -0.3 is 9.47 Å². The van der Waals surface area contributed by atoms with Crippen molar-refractivity contribution in [1.29, 1.82) is 0 Å². The van der Waals surface area contributed by atoms with Crippen LogP contribution < -0.4 is 9.47 Å². The van der Waals surface area contributed by atoms with Crippen LogP contribution in [0.5, 0.6) is 11.5 Å². The van der Waals surface area contributed by atoms with Gasteiger partial charge in [0.15, 0.2) is 11.5 Å². The summed E-state index contributed by atoms with van der Waals surface area (Å²) in [5, 5.41) is 0. The lowest BCUT2D eigenvalue weighted by molar-refractivity contribution is 0.243. The third-order valence-electron chi connectivity index (χ3n) is 2.14. The molecule has 1 aromatic rings. The summed E-state index contributed by atoms with van der Waals surface area (Å²) in [5.74, 6) is 1.71. The van der Waals surface area contributed by atoms with Gasteiger partial charge in [0, 0.05) is 16.5 Å². The Morgan fingerprint density at radius 3 is 3.00 bits per heavy atom. The van der Waals surface area contributed by atoms with Crippen molar-refractivity contribution in [2.45, 2.75) is 19.4 Å². The molecule has 0 N–H and O–H groups in total. The largest absolute Gasteiger partial charge is 0.493 e. The molecule has 0 bridgehead atoms. The standard InChI is InChI=1S/C10H11BrO2/c1-6-3-7-4-8(11)5-9(12-2)10(7)13-6/h4-6H,3H2,1-2H3. The van der Waals surface area contributed by atoms with Crippen LogP contribution >= 0.6 is 15.9 Å². The zero-order valence-corrected chi connectivity index (χ0v) is 9.22. The molecule has 0 aliphatic carbocycles. The number of methoxy groups -OCH3 is 1. The quantitative estimate of drug-likeness (QED) is 0.755. The highest BCUT2D eigenvalue weighted by Crippen LogP contribution is 2.40. The Morgan fingerprint density at radius 1 is 1.54 bits per heavy atom. The first-order valence-electron chi connectivity index (χ1n) is 4.24. The van der Waals surface area contributed by atoms with Crippen molar-refractivity contribution < 1.29 is 9.47 Å². The minimum absolute atomic E-state index is 0.262. The molecule has 1 aromatic carbocycles. The zero-order chi connectivity index (χ0) is 9.42. The summed E-state index contributed by atoms with van der Waals surface area (Å²) >= 11 is 3.44. The van der Waals surface area contributed by atoms with E-state index in [2.05, 4.69) is 28.9 Å². The highest BCUT2D eigenvalue weighted by atomic mass is 79.9. The number of hydrogen-bond acceptors (Lipinski definition) is 2. The lowest BCUT2D eigenvalue weighted by Gasteiger charge is -2.08. The average Bonchev–Trinajstić information content (AvgIpc) is 2.43. The van der Waals surface area contributed by atoms with Gasteiger partial charge >= 0.3 is 0 Å². The number of ether oxygens (including phenoxy) is 2. The van der Waals surface area contributed by atoms with E-state index in [1.807, 2.05) is 6.07 Å². The summed E-state index contributed by atoms with van der Waals surface area (Å²) < 4.78 is 11.9. The van der Waals surface area contributed by atoms with Crippen LogP contribution in [0.2, 0.25) is 0 Å². The Labute approximate surface area is 86.0 Å². The van der Waals surface area contributed by atoms with E-state index in [4.69, 9.17) is 9.47 Å². The van der Waals surface area contributed by atoms with Crippen molar-refractivity contribution in [2.24, 2.45) is 0 Å². The predicted octanol–water partition coefficient (Wildman–Crippen LogP) is 2.78. The minimum Gasteiger partial charge on any atom is -0.493 e. The Kier molecular flexibility index (Phi) is 2.20. The first-order chi connectivity index (χ1) is 6.20. The summed E-state index contributed by atoms with van der Waals surface area (Å²) in [7, 11) is 1.66. The topological polar surface area (TPSA) is 18.5 Å². The molecule has 2 rings (SSSR count). The third kappa shape index (κ3) is 1.53. The molecule has 1 atom stereocenters. The highest BCUT2D eigenvalue weighted by molar-refractivity contribution is 9.10. The third-order valence-corrected chi connectivity index (χ3v) is 2.60. The number of benzene rings is 1. The maximum absolute atomic E-state index is 5.64. The average molecular weight is 243 g/mol. The molecular weight excluding hydrogens is 232 g/mol. The molecule has 1 aliphatic rings. The van der Waals surface area contributed by atoms with Crippen LogP contribution in [0.1, 0.15) is 12.5 Å². The van der Waals surface area contributed by atoms with Crippen LogP contribution in [0.3, 0.4) is 0 Å². The highest BCUT2D eigenvalue weighted by Gasteiger charge is 2.23. The predicted molar refractivity (Wildman–Crippen MR) is 54.5 cm³/mol. The van der Waals surface area contributed by atoms with Crippen molar-refractivity contribution in [3.05, 3.63) is 22.2 Å². The number of fused-ring (bicyclic) bond motifs is 1. The lowest BCUT2D eigenvalue weighted by atomic mass is 10.1. The first kappa shape index (κ1) is 8.88. The van der Waals surface area contributed by atoms with Gasteiger partial charge in [0.25, 0.3) is 0 Å². The van der Waals surface area contributed by atoms with Crippen LogP contribution in [-0.2, 0) is 6.42 Å². The van der Waals surface area contributed by atoms with Gasteiger partial charge in [0.05, 0.1) is 7.11 Å². The van der Waals surface area contributed by atoms with Gasteiger partial charge in [0.1, 0.15) is 6.10 Å². The normalized spacial score (nSPS) is 19.5. The smallest absolute Gasteiger partial charge is 0.164 e. The van der Waals surface area contributed by atoms with E-state index in [9.17, 15) is 0 Å². The SMILES string of the molecule is COc1cc(Br)cc2c1OC(C)C2. The lowest BCUT2D eigenvalue weighted by Crippen LogP contribution is -2.05. The molecule has 13 heavy (non-hydrogen) atoms. The van der Waals surface area contributed by atoms with Gasteiger partial charge in [-0.15, -0.1) is 0 Å². The van der Waals surface area contributed by atoms with E-state index in [1.165, 1.54) is 5.56 Å². The van der Waals surface area contributed by atoms with Crippen molar-refractivity contribution in [3.63, 3.8) is 0 Å².